The van der Waals surface area contributed by atoms with Crippen LogP contribution in [-0.4, -0.2) is 59.0 Å². The van der Waals surface area contributed by atoms with Crippen LogP contribution in [-0.2, 0) is 19.1 Å². The van der Waals surface area contributed by atoms with Gasteiger partial charge >= 0.3 is 5.97 Å². The molecule has 0 bridgehead atoms. The Kier molecular flexibility index (Phi) is 7.89. The Morgan fingerprint density at radius 1 is 1.06 bits per heavy atom. The Hall–Kier alpha value is -3.52. The molecule has 0 saturated carbocycles. The van der Waals surface area contributed by atoms with Crippen LogP contribution in [0.25, 0.3) is 6.08 Å². The molecule has 1 amide bonds. The first-order chi connectivity index (χ1) is 15.1. The van der Waals surface area contributed by atoms with E-state index in [0.29, 0.717) is 36.0 Å². The van der Waals surface area contributed by atoms with Gasteiger partial charge in [0.15, 0.2) is 18.1 Å². The first-order valence-corrected chi connectivity index (χ1v) is 9.89. The Bertz CT molecular complexity index is 920. The lowest BCUT2D eigenvalue weighted by Gasteiger charge is -2.28. The largest absolute Gasteiger partial charge is 0.493 e. The number of ether oxygens (including phenoxy) is 4. The van der Waals surface area contributed by atoms with E-state index in [-0.39, 0.29) is 6.61 Å². The summed E-state index contributed by atoms with van der Waals surface area (Å²) in [5.41, 5.74) is 2.36. The predicted molar refractivity (Wildman–Crippen MR) is 118 cm³/mol. The highest BCUT2D eigenvalue weighted by molar-refractivity contribution is 5.95. The van der Waals surface area contributed by atoms with E-state index in [9.17, 15) is 9.59 Å². The van der Waals surface area contributed by atoms with E-state index >= 15 is 0 Å². The molecule has 0 spiro atoms. The van der Waals surface area contributed by atoms with Crippen LogP contribution in [0.5, 0.6) is 11.5 Å². The van der Waals surface area contributed by atoms with Crippen molar-refractivity contribution in [1.29, 1.82) is 0 Å². The molecule has 0 unspecified atom stereocenters. The van der Waals surface area contributed by atoms with Gasteiger partial charge in [0.25, 0.3) is 5.91 Å². The van der Waals surface area contributed by atoms with Crippen LogP contribution in [0.4, 0.5) is 11.4 Å². The van der Waals surface area contributed by atoms with E-state index in [1.165, 1.54) is 20.3 Å². The number of methoxy groups -OCH3 is 2. The molecule has 1 fully saturated rings. The van der Waals surface area contributed by atoms with Gasteiger partial charge in [-0.15, -0.1) is 0 Å². The summed E-state index contributed by atoms with van der Waals surface area (Å²) in [5.74, 6) is 0.00637. The summed E-state index contributed by atoms with van der Waals surface area (Å²) in [6.45, 7) is 2.73. The maximum Gasteiger partial charge on any atom is 0.331 e. The number of rotatable bonds is 8. The minimum Gasteiger partial charge on any atom is -0.493 e. The minimum absolute atomic E-state index is 0.385. The molecular weight excluding hydrogens is 400 g/mol. The number of para-hydroxylation sites is 1. The number of benzene rings is 2. The molecule has 8 nitrogen and oxygen atoms in total. The van der Waals surface area contributed by atoms with Gasteiger partial charge < -0.3 is 29.2 Å². The fourth-order valence-corrected chi connectivity index (χ4v) is 3.16. The quantitative estimate of drug-likeness (QED) is 0.513. The van der Waals surface area contributed by atoms with Gasteiger partial charge in [-0.05, 0) is 36.4 Å². The lowest BCUT2D eigenvalue weighted by molar-refractivity contribution is -0.142. The molecule has 1 heterocycles. The third-order valence-corrected chi connectivity index (χ3v) is 4.71. The summed E-state index contributed by atoms with van der Waals surface area (Å²) in [5, 5.41) is 2.71. The lowest BCUT2D eigenvalue weighted by atomic mass is 10.1. The highest BCUT2D eigenvalue weighted by atomic mass is 16.5. The summed E-state index contributed by atoms with van der Waals surface area (Å²) in [7, 11) is 3.06. The number of anilines is 2. The molecule has 2 aromatic rings. The van der Waals surface area contributed by atoms with Crippen molar-refractivity contribution >= 4 is 29.3 Å². The zero-order valence-electron chi connectivity index (χ0n) is 17.6. The molecule has 1 aliphatic rings. The van der Waals surface area contributed by atoms with Crippen molar-refractivity contribution in [1.82, 2.24) is 0 Å². The Morgan fingerprint density at radius 3 is 2.48 bits per heavy atom. The zero-order valence-corrected chi connectivity index (χ0v) is 17.6. The molecular formula is C23H26N2O6. The van der Waals surface area contributed by atoms with Gasteiger partial charge in [0.05, 0.1) is 27.4 Å². The fraction of sp³-hybridized carbons (Fsp3) is 0.304. The molecule has 0 aliphatic carbocycles. The van der Waals surface area contributed by atoms with Gasteiger partial charge in [-0.2, -0.15) is 0 Å². The van der Waals surface area contributed by atoms with Crippen molar-refractivity contribution in [3.05, 3.63) is 54.1 Å². The van der Waals surface area contributed by atoms with Gasteiger partial charge in [-0.3, -0.25) is 4.79 Å². The van der Waals surface area contributed by atoms with Gasteiger partial charge in [-0.1, -0.05) is 12.1 Å². The molecule has 31 heavy (non-hydrogen) atoms. The van der Waals surface area contributed by atoms with E-state index in [1.807, 2.05) is 24.3 Å². The van der Waals surface area contributed by atoms with Crippen molar-refractivity contribution < 1.29 is 28.5 Å². The second-order valence-electron chi connectivity index (χ2n) is 6.72. The summed E-state index contributed by atoms with van der Waals surface area (Å²) < 4.78 is 20.9. The molecule has 0 radical (unpaired) electrons. The van der Waals surface area contributed by atoms with Crippen molar-refractivity contribution in [2.45, 2.75) is 0 Å². The second kappa shape index (κ2) is 11.0. The maximum absolute atomic E-state index is 12.1. The number of carbonyl (C=O) groups is 2. The lowest BCUT2D eigenvalue weighted by Crippen LogP contribution is -2.36. The van der Waals surface area contributed by atoms with E-state index < -0.39 is 11.9 Å². The average molecular weight is 426 g/mol. The molecule has 8 heteroatoms. The van der Waals surface area contributed by atoms with Crippen LogP contribution in [0.15, 0.2) is 48.5 Å². The standard InChI is InChI=1S/C23H26N2O6/c1-28-20-5-3-4-17(23(20)29-2)6-11-22(27)31-16-21(26)24-18-7-9-19(10-8-18)25-12-14-30-15-13-25/h3-11H,12-16H2,1-2H3,(H,24,26). The number of esters is 1. The van der Waals surface area contributed by atoms with Gasteiger partial charge in [-0.25, -0.2) is 4.79 Å². The smallest absolute Gasteiger partial charge is 0.331 e. The second-order valence-corrected chi connectivity index (χ2v) is 6.72. The van der Waals surface area contributed by atoms with Crippen molar-refractivity contribution in [3.8, 4) is 11.5 Å². The van der Waals surface area contributed by atoms with Gasteiger partial charge in [0.2, 0.25) is 0 Å². The minimum atomic E-state index is -0.636. The number of hydrogen-bond donors (Lipinski definition) is 1. The maximum atomic E-state index is 12.1. The number of amides is 1. The van der Waals surface area contributed by atoms with Crippen LogP contribution in [0.2, 0.25) is 0 Å². The van der Waals surface area contributed by atoms with Crippen LogP contribution in [0.3, 0.4) is 0 Å². The number of nitrogens with one attached hydrogen (secondary N) is 1. The Morgan fingerprint density at radius 2 is 1.81 bits per heavy atom. The normalized spacial score (nSPS) is 13.7. The third-order valence-electron chi connectivity index (χ3n) is 4.71. The van der Waals surface area contributed by atoms with Crippen molar-refractivity contribution in [2.24, 2.45) is 0 Å². The number of carbonyl (C=O) groups excluding carboxylic acids is 2. The highest BCUT2D eigenvalue weighted by Crippen LogP contribution is 2.31. The van der Waals surface area contributed by atoms with Crippen LogP contribution in [0, 0.1) is 0 Å². The van der Waals surface area contributed by atoms with E-state index in [0.717, 1.165) is 18.8 Å². The molecule has 1 saturated heterocycles. The predicted octanol–water partition coefficient (Wildman–Crippen LogP) is 2.74. The fourth-order valence-electron chi connectivity index (χ4n) is 3.16. The summed E-state index contributed by atoms with van der Waals surface area (Å²) in [4.78, 5) is 26.3. The van der Waals surface area contributed by atoms with Crippen LogP contribution < -0.4 is 19.7 Å². The number of hydrogen-bond acceptors (Lipinski definition) is 7. The molecule has 2 aromatic carbocycles. The summed E-state index contributed by atoms with van der Waals surface area (Å²) >= 11 is 0. The monoisotopic (exact) mass is 426 g/mol. The molecule has 164 valence electrons. The summed E-state index contributed by atoms with van der Waals surface area (Å²) in [6.07, 6.45) is 2.79. The molecule has 3 rings (SSSR count). The first-order valence-electron chi connectivity index (χ1n) is 9.89. The zero-order chi connectivity index (χ0) is 22.1. The molecule has 0 aromatic heterocycles. The van der Waals surface area contributed by atoms with E-state index in [1.54, 1.807) is 24.3 Å². The van der Waals surface area contributed by atoms with Crippen molar-refractivity contribution in [3.63, 3.8) is 0 Å². The van der Waals surface area contributed by atoms with Gasteiger partial charge in [0.1, 0.15) is 0 Å². The number of nitrogens with zero attached hydrogens (tertiary/aromatic N) is 1. The SMILES string of the molecule is COc1cccc(C=CC(=O)OCC(=O)Nc2ccc(N3CCOCC3)cc2)c1OC. The van der Waals surface area contributed by atoms with Crippen LogP contribution >= 0.6 is 0 Å². The van der Waals surface area contributed by atoms with E-state index in [2.05, 4.69) is 10.2 Å². The molecule has 1 aliphatic heterocycles. The third kappa shape index (κ3) is 6.23. The highest BCUT2D eigenvalue weighted by Gasteiger charge is 2.12. The number of morpholine rings is 1. The summed E-state index contributed by atoms with van der Waals surface area (Å²) in [6, 6.07) is 12.8. The first kappa shape index (κ1) is 22.2. The Labute approximate surface area is 181 Å². The van der Waals surface area contributed by atoms with E-state index in [4.69, 9.17) is 18.9 Å². The van der Waals surface area contributed by atoms with Gasteiger partial charge in [0, 0.05) is 36.1 Å². The Balaban J connectivity index is 1.48. The molecule has 0 atom stereocenters. The van der Waals surface area contributed by atoms with Crippen LogP contribution in [0.1, 0.15) is 5.56 Å². The molecule has 1 N–H and O–H groups in total. The van der Waals surface area contributed by atoms with Crippen molar-refractivity contribution in [2.75, 3.05) is 57.3 Å². The average Bonchev–Trinajstić information content (AvgIpc) is 2.82. The topological polar surface area (TPSA) is 86.3 Å².